The molecule has 4 nitrogen and oxygen atoms in total. The van der Waals surface area contributed by atoms with Gasteiger partial charge in [-0.3, -0.25) is 0 Å². The standard InChI is InChI=1S/C12H15ClO4S/c1-12(2,8-6-17-7-8)18(15,16)11-9(13)4-3-5-10(11)14/h3-5,8,14H,6-7H2,1-2H3. The predicted octanol–water partition coefficient (Wildman–Crippen LogP) is 2.24. The van der Waals surface area contributed by atoms with Crippen molar-refractivity contribution in [3.05, 3.63) is 23.2 Å². The second-order valence-corrected chi connectivity index (χ2v) is 7.80. The highest BCUT2D eigenvalue weighted by molar-refractivity contribution is 7.93. The summed E-state index contributed by atoms with van der Waals surface area (Å²) in [6, 6.07) is 4.30. The Morgan fingerprint density at radius 3 is 2.44 bits per heavy atom. The molecule has 0 unspecified atom stereocenters. The SMILES string of the molecule is CC(C)(C1COC1)S(=O)(=O)c1c(O)cccc1Cl. The third-order valence-electron chi connectivity index (χ3n) is 3.53. The third-order valence-corrected chi connectivity index (χ3v) is 6.64. The molecule has 1 N–H and O–H groups in total. The Bertz CT molecular complexity index is 541. The maximum Gasteiger partial charge on any atom is 0.189 e. The van der Waals surface area contributed by atoms with Gasteiger partial charge in [0.25, 0.3) is 0 Å². The van der Waals surface area contributed by atoms with E-state index in [1.54, 1.807) is 13.8 Å². The van der Waals surface area contributed by atoms with E-state index in [1.807, 2.05) is 0 Å². The summed E-state index contributed by atoms with van der Waals surface area (Å²) in [4.78, 5) is -0.191. The van der Waals surface area contributed by atoms with Crippen molar-refractivity contribution in [2.45, 2.75) is 23.5 Å². The van der Waals surface area contributed by atoms with Crippen molar-refractivity contribution in [2.24, 2.45) is 5.92 Å². The average molecular weight is 291 g/mol. The Hall–Kier alpha value is -0.780. The number of rotatable bonds is 3. The van der Waals surface area contributed by atoms with Gasteiger partial charge in [-0.25, -0.2) is 8.42 Å². The number of aromatic hydroxyl groups is 1. The Kier molecular flexibility index (Phi) is 3.34. The number of halogens is 1. The van der Waals surface area contributed by atoms with Gasteiger partial charge < -0.3 is 9.84 Å². The first-order valence-electron chi connectivity index (χ1n) is 5.58. The van der Waals surface area contributed by atoms with Gasteiger partial charge >= 0.3 is 0 Å². The van der Waals surface area contributed by atoms with Crippen LogP contribution in [0.4, 0.5) is 0 Å². The Labute approximate surface area is 111 Å². The third kappa shape index (κ3) is 1.90. The predicted molar refractivity (Wildman–Crippen MR) is 68.7 cm³/mol. The quantitative estimate of drug-likeness (QED) is 0.927. The van der Waals surface area contributed by atoms with Crippen molar-refractivity contribution < 1.29 is 18.3 Å². The van der Waals surface area contributed by atoms with E-state index in [1.165, 1.54) is 18.2 Å². The lowest BCUT2D eigenvalue weighted by Crippen LogP contribution is -2.49. The van der Waals surface area contributed by atoms with E-state index in [4.69, 9.17) is 16.3 Å². The molecule has 0 radical (unpaired) electrons. The van der Waals surface area contributed by atoms with Gasteiger partial charge in [-0.2, -0.15) is 0 Å². The lowest BCUT2D eigenvalue weighted by Gasteiger charge is -2.39. The van der Waals surface area contributed by atoms with Gasteiger partial charge in [0.15, 0.2) is 9.84 Å². The number of phenolic OH excluding ortho intramolecular Hbond substituents is 1. The summed E-state index contributed by atoms with van der Waals surface area (Å²) in [5.74, 6) is -0.394. The van der Waals surface area contributed by atoms with Gasteiger partial charge in [-0.05, 0) is 26.0 Å². The fraction of sp³-hybridized carbons (Fsp3) is 0.500. The molecule has 1 aromatic rings. The van der Waals surface area contributed by atoms with Crippen molar-refractivity contribution in [2.75, 3.05) is 13.2 Å². The van der Waals surface area contributed by atoms with Gasteiger partial charge in [0.1, 0.15) is 10.6 Å². The normalized spacial score (nSPS) is 17.5. The molecule has 0 bridgehead atoms. The maximum atomic E-state index is 12.6. The lowest BCUT2D eigenvalue weighted by molar-refractivity contribution is -0.0468. The molecule has 1 aliphatic rings. The summed E-state index contributed by atoms with van der Waals surface area (Å²) >= 11 is 5.92. The van der Waals surface area contributed by atoms with E-state index in [0.717, 1.165) is 0 Å². The van der Waals surface area contributed by atoms with Gasteiger partial charge in [-0.15, -0.1) is 0 Å². The second-order valence-electron chi connectivity index (χ2n) is 4.93. The molecule has 6 heteroatoms. The van der Waals surface area contributed by atoms with Crippen molar-refractivity contribution in [3.63, 3.8) is 0 Å². The van der Waals surface area contributed by atoms with Crippen LogP contribution in [0.25, 0.3) is 0 Å². The largest absolute Gasteiger partial charge is 0.507 e. The molecule has 1 heterocycles. The van der Waals surface area contributed by atoms with Crippen LogP contribution in [0.2, 0.25) is 5.02 Å². The molecule has 1 aromatic carbocycles. The number of hydrogen-bond acceptors (Lipinski definition) is 4. The monoisotopic (exact) mass is 290 g/mol. The number of sulfone groups is 1. The summed E-state index contributed by atoms with van der Waals surface area (Å²) in [6.07, 6.45) is 0. The van der Waals surface area contributed by atoms with E-state index in [2.05, 4.69) is 0 Å². The zero-order valence-electron chi connectivity index (χ0n) is 10.2. The number of benzene rings is 1. The first kappa shape index (κ1) is 13.6. The molecule has 1 saturated heterocycles. The van der Waals surface area contributed by atoms with Gasteiger partial charge in [-0.1, -0.05) is 17.7 Å². The summed E-state index contributed by atoms with van der Waals surface area (Å²) in [7, 11) is -3.72. The molecule has 0 spiro atoms. The van der Waals surface area contributed by atoms with Crippen molar-refractivity contribution in [1.82, 2.24) is 0 Å². The topological polar surface area (TPSA) is 63.6 Å². The molecule has 0 aromatic heterocycles. The van der Waals surface area contributed by atoms with Crippen LogP contribution < -0.4 is 0 Å². The maximum absolute atomic E-state index is 12.6. The second kappa shape index (κ2) is 4.40. The molecule has 0 amide bonds. The molecule has 18 heavy (non-hydrogen) atoms. The van der Waals surface area contributed by atoms with Crippen molar-refractivity contribution in [3.8, 4) is 5.75 Å². The molecule has 1 fully saturated rings. The molecule has 1 aliphatic heterocycles. The minimum absolute atomic E-state index is 0.0447. The van der Waals surface area contributed by atoms with Crippen LogP contribution in [0, 0.1) is 5.92 Å². The van der Waals surface area contributed by atoms with Crippen LogP contribution in [0.1, 0.15) is 13.8 Å². The zero-order chi connectivity index (χ0) is 13.6. The summed E-state index contributed by atoms with van der Waals surface area (Å²) in [5, 5.41) is 9.81. The zero-order valence-corrected chi connectivity index (χ0v) is 11.8. The lowest BCUT2D eigenvalue weighted by atomic mass is 9.93. The van der Waals surface area contributed by atoms with Crippen molar-refractivity contribution in [1.29, 1.82) is 0 Å². The number of phenols is 1. The van der Waals surface area contributed by atoms with E-state index in [0.29, 0.717) is 13.2 Å². The Morgan fingerprint density at radius 2 is 2.00 bits per heavy atom. The van der Waals surface area contributed by atoms with E-state index >= 15 is 0 Å². The highest BCUT2D eigenvalue weighted by Crippen LogP contribution is 2.41. The Morgan fingerprint density at radius 1 is 1.39 bits per heavy atom. The molecular formula is C12H15ClO4S. The molecule has 0 saturated carbocycles. The highest BCUT2D eigenvalue weighted by Gasteiger charge is 2.47. The van der Waals surface area contributed by atoms with Crippen LogP contribution in [0.15, 0.2) is 23.1 Å². The van der Waals surface area contributed by atoms with Gasteiger partial charge in [0, 0.05) is 5.92 Å². The van der Waals surface area contributed by atoms with E-state index in [9.17, 15) is 13.5 Å². The number of ether oxygens (including phenoxy) is 1. The first-order valence-corrected chi connectivity index (χ1v) is 7.44. The Balaban J connectivity index is 2.54. The smallest absolute Gasteiger partial charge is 0.189 e. The van der Waals surface area contributed by atoms with Crippen LogP contribution >= 0.6 is 11.6 Å². The molecule has 0 atom stereocenters. The van der Waals surface area contributed by atoms with Gasteiger partial charge in [0.05, 0.1) is 23.0 Å². The summed E-state index contributed by atoms with van der Waals surface area (Å²) in [6.45, 7) is 4.10. The fourth-order valence-corrected chi connectivity index (χ4v) is 4.13. The van der Waals surface area contributed by atoms with E-state index < -0.39 is 14.6 Å². The molecule has 100 valence electrons. The van der Waals surface area contributed by atoms with E-state index in [-0.39, 0.29) is 21.6 Å². The minimum Gasteiger partial charge on any atom is -0.507 e. The first-order chi connectivity index (χ1) is 8.28. The van der Waals surface area contributed by atoms with Crippen LogP contribution in [0.3, 0.4) is 0 Å². The van der Waals surface area contributed by atoms with Crippen LogP contribution in [-0.4, -0.2) is 31.5 Å². The highest BCUT2D eigenvalue weighted by atomic mass is 35.5. The minimum atomic E-state index is -3.72. The van der Waals surface area contributed by atoms with Gasteiger partial charge in [0.2, 0.25) is 0 Å². The molecular weight excluding hydrogens is 276 g/mol. The van der Waals surface area contributed by atoms with Crippen LogP contribution in [-0.2, 0) is 14.6 Å². The molecule has 2 rings (SSSR count). The molecule has 0 aliphatic carbocycles. The fourth-order valence-electron chi connectivity index (χ4n) is 1.88. The summed E-state index contributed by atoms with van der Waals surface area (Å²) in [5.41, 5.74) is 0. The number of hydrogen-bond donors (Lipinski definition) is 1. The summed E-state index contributed by atoms with van der Waals surface area (Å²) < 4.78 is 29.3. The van der Waals surface area contributed by atoms with Crippen molar-refractivity contribution >= 4 is 21.4 Å². The van der Waals surface area contributed by atoms with Crippen LogP contribution in [0.5, 0.6) is 5.75 Å². The average Bonchev–Trinajstić information content (AvgIpc) is 2.12.